The molecule has 1 aliphatic rings. The molecule has 1 aromatic heterocycles. The van der Waals surface area contributed by atoms with E-state index in [-0.39, 0.29) is 23.1 Å². The summed E-state index contributed by atoms with van der Waals surface area (Å²) in [6.45, 7) is 2.83. The fourth-order valence-electron chi connectivity index (χ4n) is 2.47. The predicted molar refractivity (Wildman–Crippen MR) is 74.0 cm³/mol. The second kappa shape index (κ2) is 5.69. The third-order valence-corrected chi connectivity index (χ3v) is 3.69. The Morgan fingerprint density at radius 2 is 2.24 bits per heavy atom. The summed E-state index contributed by atoms with van der Waals surface area (Å²) in [6, 6.07) is 1.26. The SMILES string of the molecule is COC(=O)c1cn(C2(C)CCOC2)c(=O)cc1CC(N)=O. The summed E-state index contributed by atoms with van der Waals surface area (Å²) >= 11 is 0. The number of nitrogens with two attached hydrogens (primary N) is 1. The van der Waals surface area contributed by atoms with Crippen molar-refractivity contribution in [3.8, 4) is 0 Å². The summed E-state index contributed by atoms with van der Waals surface area (Å²) in [5.41, 5.74) is 4.79. The predicted octanol–water partition coefficient (Wildman–Crippen LogP) is -0.202. The van der Waals surface area contributed by atoms with Crippen LogP contribution in [0.3, 0.4) is 0 Å². The maximum atomic E-state index is 12.3. The van der Waals surface area contributed by atoms with E-state index in [1.165, 1.54) is 23.9 Å². The minimum Gasteiger partial charge on any atom is -0.465 e. The number of ether oxygens (including phenoxy) is 2. The number of hydrogen-bond acceptors (Lipinski definition) is 5. The molecule has 1 aromatic rings. The lowest BCUT2D eigenvalue weighted by atomic mass is 9.99. The molecule has 114 valence electrons. The van der Waals surface area contributed by atoms with Crippen LogP contribution in [-0.2, 0) is 26.2 Å². The number of methoxy groups -OCH3 is 1. The summed E-state index contributed by atoms with van der Waals surface area (Å²) in [6.07, 6.45) is 1.91. The Bertz CT molecular complexity index is 629. The number of pyridine rings is 1. The first-order valence-corrected chi connectivity index (χ1v) is 6.58. The van der Waals surface area contributed by atoms with E-state index in [0.717, 1.165) is 0 Å². The molecule has 0 spiro atoms. The van der Waals surface area contributed by atoms with Crippen LogP contribution >= 0.6 is 0 Å². The Morgan fingerprint density at radius 1 is 1.52 bits per heavy atom. The van der Waals surface area contributed by atoms with E-state index in [0.29, 0.717) is 19.6 Å². The van der Waals surface area contributed by atoms with Crippen molar-refractivity contribution in [2.24, 2.45) is 5.73 Å². The van der Waals surface area contributed by atoms with Crippen LogP contribution in [0.15, 0.2) is 17.1 Å². The summed E-state index contributed by atoms with van der Waals surface area (Å²) < 4.78 is 11.5. The second-order valence-corrected chi connectivity index (χ2v) is 5.35. The van der Waals surface area contributed by atoms with Gasteiger partial charge in [0.05, 0.1) is 31.2 Å². The zero-order valence-corrected chi connectivity index (χ0v) is 12.0. The standard InChI is InChI=1S/C14H18N2O5/c1-14(3-4-21-8-14)16-7-10(13(19)20-2)9(5-11(15)17)6-12(16)18/h6-7H,3-5,8H2,1-2H3,(H2,15,17). The monoisotopic (exact) mass is 294 g/mol. The minimum absolute atomic E-state index is 0.170. The van der Waals surface area contributed by atoms with E-state index in [1.807, 2.05) is 6.92 Å². The van der Waals surface area contributed by atoms with Crippen molar-refractivity contribution in [3.63, 3.8) is 0 Å². The maximum Gasteiger partial charge on any atom is 0.339 e. The van der Waals surface area contributed by atoms with Gasteiger partial charge >= 0.3 is 5.97 Å². The van der Waals surface area contributed by atoms with Gasteiger partial charge in [0.2, 0.25) is 5.91 Å². The molecular formula is C14H18N2O5. The van der Waals surface area contributed by atoms with Crippen LogP contribution in [-0.4, -0.2) is 36.8 Å². The molecule has 0 saturated carbocycles. The molecule has 0 radical (unpaired) electrons. The molecule has 0 bridgehead atoms. The first-order valence-electron chi connectivity index (χ1n) is 6.58. The first kappa shape index (κ1) is 15.2. The zero-order chi connectivity index (χ0) is 15.6. The van der Waals surface area contributed by atoms with Gasteiger partial charge in [-0.3, -0.25) is 9.59 Å². The molecule has 0 aromatic carbocycles. The van der Waals surface area contributed by atoms with Gasteiger partial charge in [-0.05, 0) is 18.9 Å². The van der Waals surface area contributed by atoms with Crippen LogP contribution in [0.4, 0.5) is 0 Å². The summed E-state index contributed by atoms with van der Waals surface area (Å²) in [5, 5.41) is 0. The highest BCUT2D eigenvalue weighted by Gasteiger charge is 2.33. The van der Waals surface area contributed by atoms with Crippen molar-refractivity contribution >= 4 is 11.9 Å². The highest BCUT2D eigenvalue weighted by molar-refractivity contribution is 5.92. The number of rotatable bonds is 4. The van der Waals surface area contributed by atoms with Crippen molar-refractivity contribution in [2.45, 2.75) is 25.3 Å². The van der Waals surface area contributed by atoms with Crippen molar-refractivity contribution in [2.75, 3.05) is 20.3 Å². The van der Waals surface area contributed by atoms with Gasteiger partial charge in [-0.2, -0.15) is 0 Å². The third-order valence-electron chi connectivity index (χ3n) is 3.69. The van der Waals surface area contributed by atoms with E-state index in [4.69, 9.17) is 15.2 Å². The normalized spacial score (nSPS) is 21.2. The molecule has 7 nitrogen and oxygen atoms in total. The maximum absolute atomic E-state index is 12.3. The quantitative estimate of drug-likeness (QED) is 0.775. The van der Waals surface area contributed by atoms with Gasteiger partial charge in [0.15, 0.2) is 0 Å². The molecular weight excluding hydrogens is 276 g/mol. The Balaban J connectivity index is 2.56. The number of primary amides is 1. The van der Waals surface area contributed by atoms with Crippen LogP contribution in [0.5, 0.6) is 0 Å². The average molecular weight is 294 g/mol. The fourth-order valence-corrected chi connectivity index (χ4v) is 2.47. The molecule has 2 rings (SSSR count). The highest BCUT2D eigenvalue weighted by atomic mass is 16.5. The van der Waals surface area contributed by atoms with Gasteiger partial charge in [0.25, 0.3) is 5.56 Å². The molecule has 2 N–H and O–H groups in total. The molecule has 21 heavy (non-hydrogen) atoms. The van der Waals surface area contributed by atoms with Gasteiger partial charge < -0.3 is 19.8 Å². The Labute approximate surface area is 121 Å². The van der Waals surface area contributed by atoms with E-state index >= 15 is 0 Å². The topological polar surface area (TPSA) is 101 Å². The Hall–Kier alpha value is -2.15. The van der Waals surface area contributed by atoms with Gasteiger partial charge in [0.1, 0.15) is 0 Å². The summed E-state index contributed by atoms with van der Waals surface area (Å²) in [7, 11) is 1.24. The van der Waals surface area contributed by atoms with Gasteiger partial charge in [-0.1, -0.05) is 0 Å². The van der Waals surface area contributed by atoms with Crippen molar-refractivity contribution in [3.05, 3.63) is 33.7 Å². The second-order valence-electron chi connectivity index (χ2n) is 5.35. The first-order chi connectivity index (χ1) is 9.87. The number of amides is 1. The Kier molecular flexibility index (Phi) is 4.13. The van der Waals surface area contributed by atoms with Gasteiger partial charge in [-0.15, -0.1) is 0 Å². The largest absolute Gasteiger partial charge is 0.465 e. The van der Waals surface area contributed by atoms with Crippen LogP contribution in [0, 0.1) is 0 Å². The molecule has 7 heteroatoms. The lowest BCUT2D eigenvalue weighted by Gasteiger charge is -2.26. The number of carbonyl (C=O) groups excluding carboxylic acids is 2. The third kappa shape index (κ3) is 2.97. The van der Waals surface area contributed by atoms with Crippen LogP contribution in [0.25, 0.3) is 0 Å². The van der Waals surface area contributed by atoms with E-state index in [9.17, 15) is 14.4 Å². The molecule has 1 saturated heterocycles. The van der Waals surface area contributed by atoms with Crippen molar-refractivity contribution in [1.82, 2.24) is 4.57 Å². The molecule has 1 unspecified atom stereocenters. The molecule has 1 aliphatic heterocycles. The molecule has 0 aliphatic carbocycles. The Morgan fingerprint density at radius 3 is 2.76 bits per heavy atom. The number of carbonyl (C=O) groups is 2. The smallest absolute Gasteiger partial charge is 0.339 e. The average Bonchev–Trinajstić information content (AvgIpc) is 2.85. The fraction of sp³-hybridized carbons (Fsp3) is 0.500. The molecule has 1 amide bonds. The summed E-state index contributed by atoms with van der Waals surface area (Å²) in [5.74, 6) is -1.23. The lowest BCUT2D eigenvalue weighted by molar-refractivity contribution is -0.117. The lowest BCUT2D eigenvalue weighted by Crippen LogP contribution is -2.40. The van der Waals surface area contributed by atoms with Crippen molar-refractivity contribution < 1.29 is 19.1 Å². The number of aromatic nitrogens is 1. The number of esters is 1. The highest BCUT2D eigenvalue weighted by Crippen LogP contribution is 2.26. The molecule has 1 fully saturated rings. The van der Waals surface area contributed by atoms with Crippen LogP contribution in [0.2, 0.25) is 0 Å². The zero-order valence-electron chi connectivity index (χ0n) is 12.0. The van der Waals surface area contributed by atoms with Crippen LogP contribution in [0.1, 0.15) is 29.3 Å². The minimum atomic E-state index is -0.618. The number of hydrogen-bond donors (Lipinski definition) is 1. The van der Waals surface area contributed by atoms with E-state index in [1.54, 1.807) is 0 Å². The van der Waals surface area contributed by atoms with Crippen LogP contribution < -0.4 is 11.3 Å². The van der Waals surface area contributed by atoms with Gasteiger partial charge in [-0.25, -0.2) is 4.79 Å². The van der Waals surface area contributed by atoms with Gasteiger partial charge in [0, 0.05) is 18.9 Å². The summed E-state index contributed by atoms with van der Waals surface area (Å²) in [4.78, 5) is 35.2. The van der Waals surface area contributed by atoms with Crippen molar-refractivity contribution in [1.29, 1.82) is 0 Å². The van der Waals surface area contributed by atoms with E-state index < -0.39 is 17.4 Å². The number of nitrogens with zero attached hydrogens (tertiary/aromatic N) is 1. The van der Waals surface area contributed by atoms with E-state index in [2.05, 4.69) is 0 Å². The molecule has 2 heterocycles. The molecule has 1 atom stereocenters.